The van der Waals surface area contributed by atoms with Crippen LogP contribution >= 0.6 is 11.6 Å². The molecule has 0 radical (unpaired) electrons. The first-order valence-corrected chi connectivity index (χ1v) is 5.71. The maximum absolute atomic E-state index is 11.6. The number of carbonyl (C=O) groups excluding carboxylic acids is 1. The number of rotatable bonds is 5. The van der Waals surface area contributed by atoms with Crippen LogP contribution < -0.4 is 4.74 Å². The third kappa shape index (κ3) is 3.74. The molecule has 0 aliphatic heterocycles. The van der Waals surface area contributed by atoms with Gasteiger partial charge in [-0.05, 0) is 32.0 Å². The van der Waals surface area contributed by atoms with Crippen molar-refractivity contribution in [1.29, 1.82) is 0 Å². The monoisotopic (exact) mass is 241 g/mol. The van der Waals surface area contributed by atoms with Crippen molar-refractivity contribution in [3.63, 3.8) is 0 Å². The van der Waals surface area contributed by atoms with Crippen molar-refractivity contribution >= 4 is 17.5 Å². The van der Waals surface area contributed by atoms with E-state index >= 15 is 0 Å². The van der Waals surface area contributed by atoms with Gasteiger partial charge in [0.1, 0.15) is 5.75 Å². The van der Waals surface area contributed by atoms with Gasteiger partial charge in [0.25, 0.3) is 5.91 Å². The van der Waals surface area contributed by atoms with Crippen molar-refractivity contribution < 1.29 is 9.53 Å². The highest BCUT2D eigenvalue weighted by Crippen LogP contribution is 2.16. The van der Waals surface area contributed by atoms with Crippen molar-refractivity contribution in [3.05, 3.63) is 29.3 Å². The zero-order valence-corrected chi connectivity index (χ0v) is 10.3. The van der Waals surface area contributed by atoms with Crippen LogP contribution in [0.4, 0.5) is 0 Å². The molecule has 0 aromatic heterocycles. The molecule has 88 valence electrons. The van der Waals surface area contributed by atoms with Crippen LogP contribution in [-0.4, -0.2) is 30.5 Å². The Hall–Kier alpha value is -1.22. The SMILES string of the molecule is CCN(CC)C(=O)COc1cccc(Cl)c1. The Morgan fingerprint density at radius 2 is 2.06 bits per heavy atom. The van der Waals surface area contributed by atoms with E-state index in [2.05, 4.69) is 0 Å². The van der Waals surface area contributed by atoms with Gasteiger partial charge in [-0.1, -0.05) is 17.7 Å². The van der Waals surface area contributed by atoms with Crippen LogP contribution in [0.5, 0.6) is 5.75 Å². The van der Waals surface area contributed by atoms with E-state index in [0.29, 0.717) is 23.9 Å². The molecule has 4 heteroatoms. The van der Waals surface area contributed by atoms with Crippen LogP contribution in [0.2, 0.25) is 5.02 Å². The molecule has 1 amide bonds. The highest BCUT2D eigenvalue weighted by Gasteiger charge is 2.09. The van der Waals surface area contributed by atoms with Gasteiger partial charge in [0.2, 0.25) is 0 Å². The van der Waals surface area contributed by atoms with E-state index in [9.17, 15) is 4.79 Å². The summed E-state index contributed by atoms with van der Waals surface area (Å²) in [6, 6.07) is 7.03. The second kappa shape index (κ2) is 6.38. The fourth-order valence-corrected chi connectivity index (χ4v) is 1.55. The number of amides is 1. The third-order valence-corrected chi connectivity index (χ3v) is 2.51. The van der Waals surface area contributed by atoms with Crippen molar-refractivity contribution in [2.24, 2.45) is 0 Å². The Kier molecular flexibility index (Phi) is 5.12. The lowest BCUT2D eigenvalue weighted by atomic mass is 10.3. The molecular weight excluding hydrogens is 226 g/mol. The summed E-state index contributed by atoms with van der Waals surface area (Å²) in [4.78, 5) is 13.4. The molecule has 0 aliphatic carbocycles. The fraction of sp³-hybridized carbons (Fsp3) is 0.417. The van der Waals surface area contributed by atoms with Gasteiger partial charge < -0.3 is 9.64 Å². The molecule has 0 spiro atoms. The van der Waals surface area contributed by atoms with E-state index in [1.807, 2.05) is 13.8 Å². The minimum absolute atomic E-state index is 0.00928. The lowest BCUT2D eigenvalue weighted by molar-refractivity contribution is -0.132. The van der Waals surface area contributed by atoms with E-state index in [4.69, 9.17) is 16.3 Å². The smallest absolute Gasteiger partial charge is 0.260 e. The molecule has 1 aromatic rings. The quantitative estimate of drug-likeness (QED) is 0.793. The molecule has 0 bridgehead atoms. The second-order valence-corrected chi connectivity index (χ2v) is 3.75. The minimum atomic E-state index is -0.00928. The van der Waals surface area contributed by atoms with Crippen molar-refractivity contribution in [2.45, 2.75) is 13.8 Å². The van der Waals surface area contributed by atoms with Crippen molar-refractivity contribution in [1.82, 2.24) is 4.90 Å². The minimum Gasteiger partial charge on any atom is -0.484 e. The Morgan fingerprint density at radius 3 is 2.62 bits per heavy atom. The number of nitrogens with zero attached hydrogens (tertiary/aromatic N) is 1. The van der Waals surface area contributed by atoms with Crippen LogP contribution in [0.1, 0.15) is 13.8 Å². The summed E-state index contributed by atoms with van der Waals surface area (Å²) in [6.45, 7) is 5.35. The van der Waals surface area contributed by atoms with Crippen LogP contribution in [0.15, 0.2) is 24.3 Å². The van der Waals surface area contributed by atoms with Gasteiger partial charge in [0, 0.05) is 18.1 Å². The molecule has 3 nitrogen and oxygen atoms in total. The zero-order valence-electron chi connectivity index (χ0n) is 9.57. The molecule has 0 saturated heterocycles. The topological polar surface area (TPSA) is 29.5 Å². The van der Waals surface area contributed by atoms with Gasteiger partial charge in [-0.15, -0.1) is 0 Å². The zero-order chi connectivity index (χ0) is 12.0. The molecule has 0 fully saturated rings. The van der Waals surface area contributed by atoms with Crippen molar-refractivity contribution in [3.8, 4) is 5.75 Å². The average Bonchev–Trinajstić information content (AvgIpc) is 2.28. The summed E-state index contributed by atoms with van der Waals surface area (Å²) < 4.78 is 5.36. The van der Waals surface area contributed by atoms with E-state index in [1.54, 1.807) is 29.2 Å². The molecular formula is C12H16ClNO2. The van der Waals surface area contributed by atoms with E-state index in [-0.39, 0.29) is 12.5 Å². The lowest BCUT2D eigenvalue weighted by Gasteiger charge is -2.18. The summed E-state index contributed by atoms with van der Waals surface area (Å²) in [6.07, 6.45) is 0. The third-order valence-electron chi connectivity index (χ3n) is 2.27. The normalized spacial score (nSPS) is 9.94. The molecule has 0 unspecified atom stereocenters. The average molecular weight is 242 g/mol. The summed E-state index contributed by atoms with van der Waals surface area (Å²) in [7, 11) is 0. The van der Waals surface area contributed by atoms with E-state index < -0.39 is 0 Å². The Labute approximate surface area is 101 Å². The maximum Gasteiger partial charge on any atom is 0.260 e. The second-order valence-electron chi connectivity index (χ2n) is 3.31. The Balaban J connectivity index is 2.48. The van der Waals surface area contributed by atoms with Crippen LogP contribution in [0.25, 0.3) is 0 Å². The molecule has 0 saturated carbocycles. The highest BCUT2D eigenvalue weighted by atomic mass is 35.5. The number of hydrogen-bond acceptors (Lipinski definition) is 2. The standard InChI is InChI=1S/C12H16ClNO2/c1-3-14(4-2)12(15)9-16-11-7-5-6-10(13)8-11/h5-8H,3-4,9H2,1-2H3. The molecule has 1 aromatic carbocycles. The van der Waals surface area contributed by atoms with Gasteiger partial charge in [-0.2, -0.15) is 0 Å². The van der Waals surface area contributed by atoms with Gasteiger partial charge in [-0.25, -0.2) is 0 Å². The molecule has 1 rings (SSSR count). The lowest BCUT2D eigenvalue weighted by Crippen LogP contribution is -2.34. The maximum atomic E-state index is 11.6. The number of likely N-dealkylation sites (N-methyl/N-ethyl adjacent to an activating group) is 1. The first-order valence-electron chi connectivity index (χ1n) is 5.33. The number of ether oxygens (including phenoxy) is 1. The number of benzene rings is 1. The van der Waals surface area contributed by atoms with Gasteiger partial charge in [-0.3, -0.25) is 4.79 Å². The van der Waals surface area contributed by atoms with E-state index in [0.717, 1.165) is 0 Å². The number of carbonyl (C=O) groups is 1. The molecule has 0 atom stereocenters. The Morgan fingerprint density at radius 1 is 1.38 bits per heavy atom. The number of hydrogen-bond donors (Lipinski definition) is 0. The predicted octanol–water partition coefficient (Wildman–Crippen LogP) is 2.59. The van der Waals surface area contributed by atoms with E-state index in [1.165, 1.54) is 0 Å². The van der Waals surface area contributed by atoms with Crippen LogP contribution in [-0.2, 0) is 4.79 Å². The Bertz CT molecular complexity index is 351. The number of halogens is 1. The largest absolute Gasteiger partial charge is 0.484 e. The van der Waals surface area contributed by atoms with Crippen LogP contribution in [0, 0.1) is 0 Å². The van der Waals surface area contributed by atoms with Crippen molar-refractivity contribution in [2.75, 3.05) is 19.7 Å². The molecule has 0 heterocycles. The first-order chi connectivity index (χ1) is 7.67. The molecule has 0 aliphatic rings. The molecule has 0 N–H and O–H groups in total. The summed E-state index contributed by atoms with van der Waals surface area (Å²) in [5, 5.41) is 0.604. The van der Waals surface area contributed by atoms with Gasteiger partial charge in [0.05, 0.1) is 0 Å². The first kappa shape index (κ1) is 12.8. The van der Waals surface area contributed by atoms with Gasteiger partial charge >= 0.3 is 0 Å². The van der Waals surface area contributed by atoms with Crippen LogP contribution in [0.3, 0.4) is 0 Å². The van der Waals surface area contributed by atoms with Gasteiger partial charge in [0.15, 0.2) is 6.61 Å². The molecule has 16 heavy (non-hydrogen) atoms. The highest BCUT2D eigenvalue weighted by molar-refractivity contribution is 6.30. The summed E-state index contributed by atoms with van der Waals surface area (Å²) in [5.41, 5.74) is 0. The fourth-order valence-electron chi connectivity index (χ4n) is 1.37. The summed E-state index contributed by atoms with van der Waals surface area (Å²) in [5.74, 6) is 0.609. The summed E-state index contributed by atoms with van der Waals surface area (Å²) >= 11 is 5.80. The predicted molar refractivity (Wildman–Crippen MR) is 64.9 cm³/mol.